The SMILES string of the molecule is Cl.NCC(NC(=O)c1ccc2c(c1)NC(=O)CO2)C1CCCCC1. The van der Waals surface area contributed by atoms with Crippen molar-refractivity contribution in [1.29, 1.82) is 0 Å². The van der Waals surface area contributed by atoms with E-state index >= 15 is 0 Å². The first-order chi connectivity index (χ1) is 11.2. The number of fused-ring (bicyclic) bond motifs is 1. The second-order valence-electron chi connectivity index (χ2n) is 6.26. The highest BCUT2D eigenvalue weighted by atomic mass is 35.5. The Balaban J connectivity index is 0.00000208. The molecule has 1 aromatic carbocycles. The predicted octanol–water partition coefficient (Wildman–Crippen LogP) is 2.08. The molecule has 7 heteroatoms. The molecular formula is C17H24ClN3O3. The number of carbonyl (C=O) groups excluding carboxylic acids is 2. The Morgan fingerprint density at radius 3 is 2.79 bits per heavy atom. The van der Waals surface area contributed by atoms with Crippen molar-refractivity contribution in [3.8, 4) is 5.75 Å². The Kier molecular flexibility index (Phi) is 6.45. The highest BCUT2D eigenvalue weighted by molar-refractivity contribution is 5.99. The van der Waals surface area contributed by atoms with Gasteiger partial charge in [0.15, 0.2) is 6.61 Å². The molecule has 24 heavy (non-hydrogen) atoms. The summed E-state index contributed by atoms with van der Waals surface area (Å²) in [5.74, 6) is 0.674. The van der Waals surface area contributed by atoms with Crippen molar-refractivity contribution >= 4 is 29.9 Å². The van der Waals surface area contributed by atoms with Crippen molar-refractivity contribution in [2.75, 3.05) is 18.5 Å². The minimum Gasteiger partial charge on any atom is -0.482 e. The van der Waals surface area contributed by atoms with Crippen LogP contribution in [0.2, 0.25) is 0 Å². The topological polar surface area (TPSA) is 93.5 Å². The van der Waals surface area contributed by atoms with E-state index in [1.54, 1.807) is 18.2 Å². The summed E-state index contributed by atoms with van der Waals surface area (Å²) >= 11 is 0. The van der Waals surface area contributed by atoms with Crippen LogP contribution in [0.5, 0.6) is 5.75 Å². The number of nitrogens with one attached hydrogen (secondary N) is 2. The molecule has 1 aliphatic heterocycles. The molecular weight excluding hydrogens is 330 g/mol. The molecule has 3 rings (SSSR count). The predicted molar refractivity (Wildman–Crippen MR) is 94.7 cm³/mol. The van der Waals surface area contributed by atoms with E-state index in [2.05, 4.69) is 10.6 Å². The summed E-state index contributed by atoms with van der Waals surface area (Å²) in [6.45, 7) is 0.455. The minimum absolute atomic E-state index is 0. The lowest BCUT2D eigenvalue weighted by atomic mass is 9.84. The number of hydrogen-bond donors (Lipinski definition) is 3. The number of halogens is 1. The summed E-state index contributed by atoms with van der Waals surface area (Å²) < 4.78 is 5.30. The maximum Gasteiger partial charge on any atom is 0.262 e. The van der Waals surface area contributed by atoms with Gasteiger partial charge in [-0.3, -0.25) is 9.59 Å². The number of benzene rings is 1. The summed E-state index contributed by atoms with van der Waals surface area (Å²) in [5.41, 5.74) is 6.91. The maximum atomic E-state index is 12.5. The lowest BCUT2D eigenvalue weighted by Gasteiger charge is -2.30. The first-order valence-electron chi connectivity index (χ1n) is 8.25. The van der Waals surface area contributed by atoms with Crippen LogP contribution in [0.25, 0.3) is 0 Å². The molecule has 2 aliphatic rings. The zero-order chi connectivity index (χ0) is 16.2. The van der Waals surface area contributed by atoms with Gasteiger partial charge in [0.05, 0.1) is 5.69 Å². The first kappa shape index (κ1) is 18.5. The highest BCUT2D eigenvalue weighted by Gasteiger charge is 2.25. The Morgan fingerprint density at radius 1 is 1.33 bits per heavy atom. The summed E-state index contributed by atoms with van der Waals surface area (Å²) in [4.78, 5) is 23.9. The lowest BCUT2D eigenvalue weighted by molar-refractivity contribution is -0.118. The third-order valence-corrected chi connectivity index (χ3v) is 4.66. The van der Waals surface area contributed by atoms with E-state index in [1.807, 2.05) is 0 Å². The van der Waals surface area contributed by atoms with Crippen molar-refractivity contribution in [3.63, 3.8) is 0 Å². The van der Waals surface area contributed by atoms with Gasteiger partial charge in [-0.05, 0) is 37.0 Å². The van der Waals surface area contributed by atoms with Crippen molar-refractivity contribution in [1.82, 2.24) is 5.32 Å². The van der Waals surface area contributed by atoms with Crippen LogP contribution >= 0.6 is 12.4 Å². The first-order valence-corrected chi connectivity index (χ1v) is 8.25. The molecule has 1 fully saturated rings. The van der Waals surface area contributed by atoms with E-state index in [4.69, 9.17) is 10.5 Å². The van der Waals surface area contributed by atoms with E-state index in [-0.39, 0.29) is 36.9 Å². The number of nitrogens with two attached hydrogens (primary N) is 1. The Labute approximate surface area is 147 Å². The molecule has 0 bridgehead atoms. The van der Waals surface area contributed by atoms with Crippen molar-refractivity contribution < 1.29 is 14.3 Å². The quantitative estimate of drug-likeness (QED) is 0.772. The van der Waals surface area contributed by atoms with E-state index in [0.717, 1.165) is 12.8 Å². The average molecular weight is 354 g/mol. The van der Waals surface area contributed by atoms with Gasteiger partial charge in [-0.25, -0.2) is 0 Å². The van der Waals surface area contributed by atoms with Gasteiger partial charge in [0.1, 0.15) is 5.75 Å². The molecule has 6 nitrogen and oxygen atoms in total. The number of ether oxygens (including phenoxy) is 1. The molecule has 0 saturated heterocycles. The lowest BCUT2D eigenvalue weighted by Crippen LogP contribution is -2.45. The van der Waals surface area contributed by atoms with Crippen molar-refractivity contribution in [3.05, 3.63) is 23.8 Å². The van der Waals surface area contributed by atoms with Gasteiger partial charge in [-0.15, -0.1) is 12.4 Å². The van der Waals surface area contributed by atoms with Gasteiger partial charge in [0.25, 0.3) is 11.8 Å². The van der Waals surface area contributed by atoms with Crippen LogP contribution < -0.4 is 21.1 Å². The molecule has 4 N–H and O–H groups in total. The molecule has 1 atom stereocenters. The van der Waals surface area contributed by atoms with Gasteiger partial charge >= 0.3 is 0 Å². The molecule has 1 aromatic rings. The molecule has 1 heterocycles. The number of rotatable bonds is 4. The largest absolute Gasteiger partial charge is 0.482 e. The molecule has 1 aliphatic carbocycles. The van der Waals surface area contributed by atoms with Gasteiger partial charge in [-0.1, -0.05) is 19.3 Å². The molecule has 0 aromatic heterocycles. The summed E-state index contributed by atoms with van der Waals surface area (Å²) in [6.07, 6.45) is 5.93. The van der Waals surface area contributed by atoms with E-state index in [9.17, 15) is 9.59 Å². The van der Waals surface area contributed by atoms with Crippen LogP contribution in [0.15, 0.2) is 18.2 Å². The second-order valence-corrected chi connectivity index (χ2v) is 6.26. The number of carbonyl (C=O) groups is 2. The van der Waals surface area contributed by atoms with Gasteiger partial charge in [0.2, 0.25) is 0 Å². The molecule has 0 spiro atoms. The van der Waals surface area contributed by atoms with Crippen LogP contribution in [0, 0.1) is 5.92 Å². The Bertz CT molecular complexity index is 603. The third kappa shape index (κ3) is 4.19. The molecule has 132 valence electrons. The summed E-state index contributed by atoms with van der Waals surface area (Å²) in [5, 5.41) is 5.77. The average Bonchev–Trinajstić information content (AvgIpc) is 2.59. The second kappa shape index (κ2) is 8.35. The van der Waals surface area contributed by atoms with Crippen LogP contribution in [-0.2, 0) is 4.79 Å². The fourth-order valence-corrected chi connectivity index (χ4v) is 3.38. The van der Waals surface area contributed by atoms with E-state index in [0.29, 0.717) is 29.5 Å². The van der Waals surface area contributed by atoms with E-state index < -0.39 is 0 Å². The number of hydrogen-bond acceptors (Lipinski definition) is 4. The zero-order valence-electron chi connectivity index (χ0n) is 13.5. The van der Waals surface area contributed by atoms with E-state index in [1.165, 1.54) is 19.3 Å². The Morgan fingerprint density at radius 2 is 2.08 bits per heavy atom. The smallest absolute Gasteiger partial charge is 0.262 e. The monoisotopic (exact) mass is 353 g/mol. The van der Waals surface area contributed by atoms with Gasteiger partial charge in [-0.2, -0.15) is 0 Å². The van der Waals surface area contributed by atoms with Crippen molar-refractivity contribution in [2.24, 2.45) is 11.7 Å². The number of anilines is 1. The number of amides is 2. The van der Waals surface area contributed by atoms with Crippen LogP contribution in [-0.4, -0.2) is 31.0 Å². The minimum atomic E-state index is -0.211. The maximum absolute atomic E-state index is 12.5. The van der Waals surface area contributed by atoms with Gasteiger partial charge in [0, 0.05) is 18.2 Å². The van der Waals surface area contributed by atoms with Gasteiger partial charge < -0.3 is 21.1 Å². The Hall–Kier alpha value is -1.79. The zero-order valence-corrected chi connectivity index (χ0v) is 14.4. The fourth-order valence-electron chi connectivity index (χ4n) is 3.38. The molecule has 0 radical (unpaired) electrons. The molecule has 2 amide bonds. The standard InChI is InChI=1S/C17H23N3O3.ClH/c18-9-14(11-4-2-1-3-5-11)20-17(22)12-6-7-15-13(8-12)19-16(21)10-23-15;/h6-8,11,14H,1-5,9-10,18H2,(H,19,21)(H,20,22);1H. The summed E-state index contributed by atoms with van der Waals surface area (Å²) in [6, 6.07) is 5.07. The normalized spacial score (nSPS) is 18.5. The molecule has 1 unspecified atom stereocenters. The fraction of sp³-hybridized carbons (Fsp3) is 0.529. The molecule has 1 saturated carbocycles. The van der Waals surface area contributed by atoms with Crippen LogP contribution in [0.1, 0.15) is 42.5 Å². The van der Waals surface area contributed by atoms with Crippen molar-refractivity contribution in [2.45, 2.75) is 38.1 Å². The third-order valence-electron chi connectivity index (χ3n) is 4.66. The van der Waals surface area contributed by atoms with Crippen LogP contribution in [0.3, 0.4) is 0 Å². The van der Waals surface area contributed by atoms with Crippen LogP contribution in [0.4, 0.5) is 5.69 Å². The highest BCUT2D eigenvalue weighted by Crippen LogP contribution is 2.29. The summed E-state index contributed by atoms with van der Waals surface area (Å²) in [7, 11) is 0.